The standard InChI is InChI=1S/C17H19ClN2O2S2/c1-3-15(12-8-10-13(11-9-12)24(2,21)22)19-17(23)20-16-7-5-4-6-14(16)18/h4-11,15H,3H2,1-2H3,(H2,19,20,23). The molecule has 1 unspecified atom stereocenters. The average Bonchev–Trinajstić information content (AvgIpc) is 2.54. The first-order valence-corrected chi connectivity index (χ1v) is 10.1. The molecule has 0 amide bonds. The third kappa shape index (κ3) is 4.93. The van der Waals surface area contributed by atoms with Crippen molar-refractivity contribution in [2.45, 2.75) is 24.3 Å². The summed E-state index contributed by atoms with van der Waals surface area (Å²) in [5.41, 5.74) is 1.70. The molecule has 7 heteroatoms. The van der Waals surface area contributed by atoms with Crippen molar-refractivity contribution in [1.82, 2.24) is 5.32 Å². The molecule has 0 spiro atoms. The Morgan fingerprint density at radius 1 is 1.17 bits per heavy atom. The van der Waals surface area contributed by atoms with E-state index in [0.717, 1.165) is 17.7 Å². The van der Waals surface area contributed by atoms with Gasteiger partial charge in [0.05, 0.1) is 21.6 Å². The van der Waals surface area contributed by atoms with Crippen LogP contribution in [0.4, 0.5) is 5.69 Å². The number of hydrogen-bond donors (Lipinski definition) is 2. The smallest absolute Gasteiger partial charge is 0.175 e. The molecule has 0 aliphatic rings. The zero-order chi connectivity index (χ0) is 17.7. The number of sulfone groups is 1. The van der Waals surface area contributed by atoms with Crippen LogP contribution in [0.25, 0.3) is 0 Å². The van der Waals surface area contributed by atoms with E-state index in [1.54, 1.807) is 30.3 Å². The number of nitrogens with one attached hydrogen (secondary N) is 2. The van der Waals surface area contributed by atoms with Gasteiger partial charge in [-0.05, 0) is 48.5 Å². The fraction of sp³-hybridized carbons (Fsp3) is 0.235. The Kier molecular flexibility index (Phi) is 6.21. The summed E-state index contributed by atoms with van der Waals surface area (Å²) in [7, 11) is -3.19. The highest BCUT2D eigenvalue weighted by Crippen LogP contribution is 2.22. The maximum atomic E-state index is 11.5. The SMILES string of the molecule is CCC(NC(=S)Nc1ccccc1Cl)c1ccc(S(C)(=O)=O)cc1. The summed E-state index contributed by atoms with van der Waals surface area (Å²) in [6.45, 7) is 2.03. The van der Waals surface area contributed by atoms with Crippen molar-refractivity contribution in [1.29, 1.82) is 0 Å². The van der Waals surface area contributed by atoms with Crippen molar-refractivity contribution in [2.75, 3.05) is 11.6 Å². The number of para-hydroxylation sites is 1. The summed E-state index contributed by atoms with van der Waals surface area (Å²) < 4.78 is 23.1. The Bertz CT molecular complexity index is 821. The van der Waals surface area contributed by atoms with Crippen LogP contribution < -0.4 is 10.6 Å². The molecule has 0 fully saturated rings. The van der Waals surface area contributed by atoms with Gasteiger partial charge in [0.2, 0.25) is 0 Å². The minimum atomic E-state index is -3.19. The molecule has 0 aliphatic heterocycles. The lowest BCUT2D eigenvalue weighted by Gasteiger charge is -2.20. The monoisotopic (exact) mass is 382 g/mol. The molecule has 24 heavy (non-hydrogen) atoms. The Hall–Kier alpha value is -1.63. The van der Waals surface area contributed by atoms with Crippen LogP contribution in [-0.2, 0) is 9.84 Å². The van der Waals surface area contributed by atoms with Crippen molar-refractivity contribution in [3.8, 4) is 0 Å². The van der Waals surface area contributed by atoms with Crippen molar-refractivity contribution >= 4 is 44.5 Å². The Morgan fingerprint density at radius 2 is 1.79 bits per heavy atom. The molecular weight excluding hydrogens is 364 g/mol. The van der Waals surface area contributed by atoms with Crippen LogP contribution in [0.3, 0.4) is 0 Å². The lowest BCUT2D eigenvalue weighted by atomic mass is 10.1. The predicted molar refractivity (Wildman–Crippen MR) is 103 cm³/mol. The predicted octanol–water partition coefficient (Wildman–Crippen LogP) is 4.18. The molecule has 2 rings (SSSR count). The largest absolute Gasteiger partial charge is 0.356 e. The number of rotatable bonds is 5. The van der Waals surface area contributed by atoms with E-state index < -0.39 is 9.84 Å². The Morgan fingerprint density at radius 3 is 2.33 bits per heavy atom. The van der Waals surface area contributed by atoms with Crippen molar-refractivity contribution in [2.24, 2.45) is 0 Å². The van der Waals surface area contributed by atoms with Gasteiger partial charge in [-0.3, -0.25) is 0 Å². The minimum Gasteiger partial charge on any atom is -0.356 e. The first kappa shape index (κ1) is 18.7. The summed E-state index contributed by atoms with van der Waals surface area (Å²) in [6.07, 6.45) is 1.99. The second kappa shape index (κ2) is 7.96. The molecule has 0 aliphatic carbocycles. The number of anilines is 1. The zero-order valence-corrected chi connectivity index (χ0v) is 15.8. The van der Waals surface area contributed by atoms with E-state index in [4.69, 9.17) is 23.8 Å². The van der Waals surface area contributed by atoms with Crippen LogP contribution in [0, 0.1) is 0 Å². The first-order chi connectivity index (χ1) is 11.3. The van der Waals surface area contributed by atoms with Crippen LogP contribution in [0.5, 0.6) is 0 Å². The number of thiocarbonyl (C=S) groups is 1. The maximum absolute atomic E-state index is 11.5. The molecule has 2 aromatic carbocycles. The van der Waals surface area contributed by atoms with Gasteiger partial charge in [-0.25, -0.2) is 8.42 Å². The molecule has 0 heterocycles. The van der Waals surface area contributed by atoms with Crippen LogP contribution in [0.2, 0.25) is 5.02 Å². The van der Waals surface area contributed by atoms with Gasteiger partial charge >= 0.3 is 0 Å². The van der Waals surface area contributed by atoms with Gasteiger partial charge < -0.3 is 10.6 Å². The zero-order valence-electron chi connectivity index (χ0n) is 13.4. The Balaban J connectivity index is 2.09. The van der Waals surface area contributed by atoms with Crippen LogP contribution >= 0.6 is 23.8 Å². The fourth-order valence-corrected chi connectivity index (χ4v) is 3.31. The maximum Gasteiger partial charge on any atom is 0.175 e. The summed E-state index contributed by atoms with van der Waals surface area (Å²) in [5, 5.41) is 7.35. The third-order valence-corrected chi connectivity index (χ3v) is 5.22. The number of hydrogen-bond acceptors (Lipinski definition) is 3. The Labute approximate surface area is 153 Å². The van der Waals surface area contributed by atoms with Gasteiger partial charge in [0.15, 0.2) is 14.9 Å². The highest BCUT2D eigenvalue weighted by atomic mass is 35.5. The summed E-state index contributed by atoms with van der Waals surface area (Å²) in [5.74, 6) is 0. The topological polar surface area (TPSA) is 58.2 Å². The molecule has 0 saturated carbocycles. The molecular formula is C17H19ClN2O2S2. The molecule has 128 valence electrons. The van der Waals surface area contributed by atoms with E-state index in [1.807, 2.05) is 25.1 Å². The summed E-state index contributed by atoms with van der Waals surface area (Å²) in [6, 6.07) is 14.2. The van der Waals surface area contributed by atoms with Gasteiger partial charge in [0, 0.05) is 6.26 Å². The van der Waals surface area contributed by atoms with Gasteiger partial charge in [0.25, 0.3) is 0 Å². The normalized spacial score (nSPS) is 12.5. The first-order valence-electron chi connectivity index (χ1n) is 7.43. The van der Waals surface area contributed by atoms with Crippen molar-refractivity contribution < 1.29 is 8.42 Å². The van der Waals surface area contributed by atoms with Crippen LogP contribution in [0.1, 0.15) is 24.9 Å². The van der Waals surface area contributed by atoms with Crippen LogP contribution in [0.15, 0.2) is 53.4 Å². The second-order valence-corrected chi connectivity index (χ2v) is 8.21. The van der Waals surface area contributed by atoms with E-state index in [2.05, 4.69) is 10.6 Å². The minimum absolute atomic E-state index is 0.0268. The molecule has 2 aromatic rings. The number of benzene rings is 2. The molecule has 0 aromatic heterocycles. The van der Waals surface area contributed by atoms with Crippen molar-refractivity contribution in [3.05, 3.63) is 59.1 Å². The van der Waals surface area contributed by atoms with E-state index in [-0.39, 0.29) is 6.04 Å². The van der Waals surface area contributed by atoms with Gasteiger partial charge in [-0.2, -0.15) is 0 Å². The van der Waals surface area contributed by atoms with Crippen LogP contribution in [-0.4, -0.2) is 19.8 Å². The van der Waals surface area contributed by atoms with Gasteiger partial charge in [-0.1, -0.05) is 42.8 Å². The van der Waals surface area contributed by atoms with E-state index >= 15 is 0 Å². The quantitative estimate of drug-likeness (QED) is 0.759. The number of halogens is 1. The van der Waals surface area contributed by atoms with Gasteiger partial charge in [0.1, 0.15) is 0 Å². The molecule has 0 radical (unpaired) electrons. The third-order valence-electron chi connectivity index (χ3n) is 3.55. The lowest BCUT2D eigenvalue weighted by Crippen LogP contribution is -2.32. The van der Waals surface area contributed by atoms with E-state index in [1.165, 1.54) is 6.26 Å². The van der Waals surface area contributed by atoms with E-state index in [0.29, 0.717) is 15.0 Å². The fourth-order valence-electron chi connectivity index (χ4n) is 2.25. The summed E-state index contributed by atoms with van der Waals surface area (Å²) >= 11 is 11.5. The van der Waals surface area contributed by atoms with Crippen molar-refractivity contribution in [3.63, 3.8) is 0 Å². The average molecular weight is 383 g/mol. The molecule has 4 nitrogen and oxygen atoms in total. The molecule has 0 saturated heterocycles. The highest BCUT2D eigenvalue weighted by Gasteiger charge is 2.13. The molecule has 1 atom stereocenters. The van der Waals surface area contributed by atoms with E-state index in [9.17, 15) is 8.42 Å². The second-order valence-electron chi connectivity index (χ2n) is 5.38. The lowest BCUT2D eigenvalue weighted by molar-refractivity contribution is 0.601. The molecule has 2 N–H and O–H groups in total. The van der Waals surface area contributed by atoms with Gasteiger partial charge in [-0.15, -0.1) is 0 Å². The summed E-state index contributed by atoms with van der Waals surface area (Å²) in [4.78, 5) is 0.304. The molecule has 0 bridgehead atoms. The highest BCUT2D eigenvalue weighted by molar-refractivity contribution is 7.90.